The minimum absolute atomic E-state index is 0.0995. The first-order chi connectivity index (χ1) is 13.6. The molecule has 0 saturated heterocycles. The molecular formula is C18H20N4O5S. The second kappa shape index (κ2) is 8.03. The maximum absolute atomic E-state index is 12.4. The van der Waals surface area contributed by atoms with E-state index in [2.05, 4.69) is 25.3 Å². The van der Waals surface area contributed by atoms with E-state index >= 15 is 0 Å². The monoisotopic (exact) mass is 404 g/mol. The number of rotatable bonds is 4. The molecule has 2 aliphatic rings. The quantitative estimate of drug-likeness (QED) is 0.804. The zero-order valence-electron chi connectivity index (χ0n) is 15.3. The minimum Gasteiger partial charge on any atom is -0.486 e. The smallest absolute Gasteiger partial charge is 0.413 e. The SMILES string of the molecule is COC(=O)Nc1nc2c(s1)CN(CC(=O)Nc1ccc3c(c1)OCCO3)CC2. The Morgan fingerprint density at radius 3 is 2.89 bits per heavy atom. The average Bonchev–Trinajstić information content (AvgIpc) is 3.09. The van der Waals surface area contributed by atoms with Crippen LogP contribution in [0.25, 0.3) is 0 Å². The van der Waals surface area contributed by atoms with E-state index in [9.17, 15) is 9.59 Å². The highest BCUT2D eigenvalue weighted by Crippen LogP contribution is 2.32. The van der Waals surface area contributed by atoms with E-state index in [1.165, 1.54) is 18.4 Å². The molecule has 10 heteroatoms. The number of hydrogen-bond acceptors (Lipinski definition) is 8. The van der Waals surface area contributed by atoms with E-state index in [4.69, 9.17) is 9.47 Å². The molecule has 2 N–H and O–H groups in total. The normalized spacial score (nSPS) is 15.5. The molecule has 0 fully saturated rings. The van der Waals surface area contributed by atoms with Crippen LogP contribution in [0.2, 0.25) is 0 Å². The van der Waals surface area contributed by atoms with Gasteiger partial charge in [0.25, 0.3) is 0 Å². The Labute approximate surface area is 165 Å². The van der Waals surface area contributed by atoms with Crippen LogP contribution < -0.4 is 20.1 Å². The van der Waals surface area contributed by atoms with Crippen molar-refractivity contribution in [1.29, 1.82) is 0 Å². The van der Waals surface area contributed by atoms with E-state index in [0.717, 1.165) is 23.5 Å². The zero-order valence-corrected chi connectivity index (χ0v) is 16.1. The van der Waals surface area contributed by atoms with Gasteiger partial charge in [-0.2, -0.15) is 0 Å². The number of nitrogens with one attached hydrogen (secondary N) is 2. The average molecular weight is 404 g/mol. The summed E-state index contributed by atoms with van der Waals surface area (Å²) in [4.78, 5) is 31.3. The lowest BCUT2D eigenvalue weighted by Gasteiger charge is -2.25. The summed E-state index contributed by atoms with van der Waals surface area (Å²) >= 11 is 1.40. The number of fused-ring (bicyclic) bond motifs is 2. The van der Waals surface area contributed by atoms with Crippen LogP contribution in [0, 0.1) is 0 Å². The van der Waals surface area contributed by atoms with Gasteiger partial charge in [-0.05, 0) is 12.1 Å². The third kappa shape index (κ3) is 4.18. The molecule has 2 aromatic rings. The van der Waals surface area contributed by atoms with Crippen molar-refractivity contribution >= 4 is 34.2 Å². The van der Waals surface area contributed by atoms with E-state index in [1.807, 2.05) is 0 Å². The Morgan fingerprint density at radius 1 is 1.25 bits per heavy atom. The molecule has 1 aromatic heterocycles. The number of ether oxygens (including phenoxy) is 3. The van der Waals surface area contributed by atoms with Crippen molar-refractivity contribution in [3.05, 3.63) is 28.8 Å². The highest BCUT2D eigenvalue weighted by atomic mass is 32.1. The van der Waals surface area contributed by atoms with Crippen LogP contribution in [0.5, 0.6) is 11.5 Å². The van der Waals surface area contributed by atoms with Crippen LogP contribution >= 0.6 is 11.3 Å². The first-order valence-corrected chi connectivity index (χ1v) is 9.68. The largest absolute Gasteiger partial charge is 0.486 e. The van der Waals surface area contributed by atoms with Gasteiger partial charge in [-0.25, -0.2) is 9.78 Å². The fraction of sp³-hybridized carbons (Fsp3) is 0.389. The first kappa shape index (κ1) is 18.5. The predicted octanol–water partition coefficient (Wildman–Crippen LogP) is 2.09. The number of amides is 2. The van der Waals surface area contributed by atoms with E-state index < -0.39 is 6.09 Å². The summed E-state index contributed by atoms with van der Waals surface area (Å²) in [6.07, 6.45) is 0.188. The Balaban J connectivity index is 1.34. The molecule has 0 bridgehead atoms. The summed E-state index contributed by atoms with van der Waals surface area (Å²) < 4.78 is 15.6. The molecule has 0 spiro atoms. The van der Waals surface area contributed by atoms with E-state index in [1.54, 1.807) is 18.2 Å². The lowest BCUT2D eigenvalue weighted by molar-refractivity contribution is -0.117. The first-order valence-electron chi connectivity index (χ1n) is 8.86. The van der Waals surface area contributed by atoms with Gasteiger partial charge in [-0.1, -0.05) is 11.3 Å². The van der Waals surface area contributed by atoms with Crippen LogP contribution in [0.4, 0.5) is 15.6 Å². The van der Waals surface area contributed by atoms with Crippen molar-refractivity contribution in [3.63, 3.8) is 0 Å². The summed E-state index contributed by atoms with van der Waals surface area (Å²) in [6.45, 7) is 2.64. The Morgan fingerprint density at radius 2 is 2.07 bits per heavy atom. The molecule has 0 saturated carbocycles. The molecule has 148 valence electrons. The number of aromatic nitrogens is 1. The van der Waals surface area contributed by atoms with Crippen molar-refractivity contribution in [1.82, 2.24) is 9.88 Å². The van der Waals surface area contributed by atoms with Gasteiger partial charge < -0.3 is 19.5 Å². The van der Waals surface area contributed by atoms with Crippen LogP contribution in [0.15, 0.2) is 18.2 Å². The molecule has 0 aliphatic carbocycles. The Hall–Kier alpha value is -2.85. The minimum atomic E-state index is -0.540. The lowest BCUT2D eigenvalue weighted by atomic mass is 10.2. The van der Waals surface area contributed by atoms with Gasteiger partial charge in [-0.15, -0.1) is 0 Å². The fourth-order valence-corrected chi connectivity index (χ4v) is 4.14. The zero-order chi connectivity index (χ0) is 19.5. The highest BCUT2D eigenvalue weighted by Gasteiger charge is 2.23. The van der Waals surface area contributed by atoms with Crippen LogP contribution in [0.3, 0.4) is 0 Å². The van der Waals surface area contributed by atoms with Crippen LogP contribution in [-0.2, 0) is 22.5 Å². The summed E-state index contributed by atoms with van der Waals surface area (Å²) in [6, 6.07) is 5.37. The van der Waals surface area contributed by atoms with Crippen molar-refractivity contribution in [3.8, 4) is 11.5 Å². The Bertz CT molecular complexity index is 900. The molecule has 1 aromatic carbocycles. The van der Waals surface area contributed by atoms with Gasteiger partial charge in [0, 0.05) is 36.1 Å². The number of carbonyl (C=O) groups excluding carboxylic acids is 2. The van der Waals surface area contributed by atoms with Gasteiger partial charge in [0.15, 0.2) is 16.6 Å². The van der Waals surface area contributed by atoms with Gasteiger partial charge in [0.2, 0.25) is 5.91 Å². The van der Waals surface area contributed by atoms with Gasteiger partial charge in [0.1, 0.15) is 13.2 Å². The molecule has 28 heavy (non-hydrogen) atoms. The van der Waals surface area contributed by atoms with Crippen LogP contribution in [-0.4, -0.2) is 55.3 Å². The highest BCUT2D eigenvalue weighted by molar-refractivity contribution is 7.15. The molecule has 0 atom stereocenters. The second-order valence-corrected chi connectivity index (χ2v) is 7.46. The predicted molar refractivity (Wildman–Crippen MR) is 103 cm³/mol. The van der Waals surface area contributed by atoms with Gasteiger partial charge >= 0.3 is 6.09 Å². The number of anilines is 2. The summed E-state index contributed by atoms with van der Waals surface area (Å²) in [5, 5.41) is 6.00. The number of carbonyl (C=O) groups is 2. The number of methoxy groups -OCH3 is 1. The molecule has 9 nitrogen and oxygen atoms in total. The van der Waals surface area contributed by atoms with Gasteiger partial charge in [-0.3, -0.25) is 15.0 Å². The molecule has 0 radical (unpaired) electrons. The topological polar surface area (TPSA) is 102 Å². The standard InChI is InChI=1S/C18H20N4O5S/c1-25-18(24)21-17-20-12-4-5-22(9-15(12)28-17)10-16(23)19-11-2-3-13-14(8-11)27-7-6-26-13/h2-3,8H,4-7,9-10H2,1H3,(H,19,23)(H,20,21,24). The molecule has 2 aliphatic heterocycles. The van der Waals surface area contributed by atoms with Crippen LogP contribution in [0.1, 0.15) is 10.6 Å². The molecule has 2 amide bonds. The number of thiazole rings is 1. The van der Waals surface area contributed by atoms with Crippen molar-refractivity contribution in [2.75, 3.05) is 44.0 Å². The lowest BCUT2D eigenvalue weighted by Crippen LogP contribution is -2.36. The molecule has 0 unspecified atom stereocenters. The summed E-state index contributed by atoms with van der Waals surface area (Å²) in [5.74, 6) is 1.23. The third-order valence-corrected chi connectivity index (χ3v) is 5.40. The number of nitrogens with zero attached hydrogens (tertiary/aromatic N) is 2. The second-order valence-electron chi connectivity index (χ2n) is 6.37. The third-order valence-electron chi connectivity index (χ3n) is 4.40. The maximum Gasteiger partial charge on any atom is 0.413 e. The summed E-state index contributed by atoms with van der Waals surface area (Å²) in [5.41, 5.74) is 1.63. The van der Waals surface area contributed by atoms with Crippen molar-refractivity contribution < 1.29 is 23.8 Å². The number of benzene rings is 1. The van der Waals surface area contributed by atoms with E-state index in [0.29, 0.717) is 42.1 Å². The maximum atomic E-state index is 12.4. The van der Waals surface area contributed by atoms with E-state index in [-0.39, 0.29) is 12.5 Å². The molecular weight excluding hydrogens is 384 g/mol. The summed E-state index contributed by atoms with van der Waals surface area (Å²) in [7, 11) is 1.31. The molecule has 4 rings (SSSR count). The van der Waals surface area contributed by atoms with Crippen molar-refractivity contribution in [2.24, 2.45) is 0 Å². The Kier molecular flexibility index (Phi) is 5.31. The number of hydrogen-bond donors (Lipinski definition) is 2. The fourth-order valence-electron chi connectivity index (χ4n) is 3.10. The van der Waals surface area contributed by atoms with Gasteiger partial charge in [0.05, 0.1) is 19.3 Å². The van der Waals surface area contributed by atoms with Crippen molar-refractivity contribution in [2.45, 2.75) is 13.0 Å². The molecule has 3 heterocycles.